The van der Waals surface area contributed by atoms with Crippen LogP contribution in [0.25, 0.3) is 16.5 Å². The van der Waals surface area contributed by atoms with Crippen molar-refractivity contribution in [3.63, 3.8) is 0 Å². The Kier molecular flexibility index (Phi) is 4.71. The molecular formula is C20H20N2O3S. The van der Waals surface area contributed by atoms with Crippen molar-refractivity contribution in [2.45, 2.75) is 18.7 Å². The number of rotatable bonds is 5. The number of hydrogen-bond donors (Lipinski definition) is 3. The van der Waals surface area contributed by atoms with Crippen LogP contribution in [0.1, 0.15) is 16.7 Å². The normalized spacial score (nSPS) is 11.5. The summed E-state index contributed by atoms with van der Waals surface area (Å²) < 4.78 is 25.1. The predicted octanol–water partition coefficient (Wildman–Crippen LogP) is 3.62. The first-order chi connectivity index (χ1) is 12.3. The summed E-state index contributed by atoms with van der Waals surface area (Å²) in [5.74, 6) is 0.0477. The monoisotopic (exact) mass is 368 g/mol. The molecule has 0 unspecified atom stereocenters. The van der Waals surface area contributed by atoms with E-state index in [1.807, 2.05) is 37.3 Å². The quantitative estimate of drug-likeness (QED) is 0.601. The van der Waals surface area contributed by atoms with Gasteiger partial charge in [0.2, 0.25) is 0 Å². The van der Waals surface area contributed by atoms with Gasteiger partial charge in [0.1, 0.15) is 5.75 Å². The van der Waals surface area contributed by atoms with Gasteiger partial charge >= 0.3 is 0 Å². The van der Waals surface area contributed by atoms with E-state index in [0.717, 1.165) is 10.9 Å². The third-order valence-corrected chi connectivity index (χ3v) is 5.58. The summed E-state index contributed by atoms with van der Waals surface area (Å²) in [6, 6.07) is 16.1. The van der Waals surface area contributed by atoms with Crippen molar-refractivity contribution >= 4 is 26.5 Å². The highest BCUT2D eigenvalue weighted by molar-refractivity contribution is 7.89. The predicted molar refractivity (Wildman–Crippen MR) is 104 cm³/mol. The van der Waals surface area contributed by atoms with Crippen LogP contribution in [-0.2, 0) is 10.0 Å². The van der Waals surface area contributed by atoms with Crippen molar-refractivity contribution in [2.75, 3.05) is 0 Å². The molecule has 0 amide bonds. The van der Waals surface area contributed by atoms with Crippen molar-refractivity contribution in [3.05, 3.63) is 77.9 Å². The lowest BCUT2D eigenvalue weighted by molar-refractivity contribution is 0.479. The van der Waals surface area contributed by atoms with Crippen LogP contribution in [0.4, 0.5) is 0 Å². The van der Waals surface area contributed by atoms with Gasteiger partial charge in [0.05, 0.1) is 10.6 Å². The van der Waals surface area contributed by atoms with Crippen molar-refractivity contribution in [3.8, 4) is 5.75 Å². The third-order valence-electron chi connectivity index (χ3n) is 4.20. The molecule has 3 rings (SSSR count). The molecule has 5 nitrogen and oxygen atoms in total. The second kappa shape index (κ2) is 6.82. The topological polar surface area (TPSA) is 78.4 Å². The summed E-state index contributed by atoms with van der Waals surface area (Å²) >= 11 is 0. The highest BCUT2D eigenvalue weighted by Crippen LogP contribution is 2.31. The Bertz CT molecular complexity index is 1110. The summed E-state index contributed by atoms with van der Waals surface area (Å²) in [6.45, 7) is 7.40. The van der Waals surface area contributed by atoms with Crippen LogP contribution < -0.4 is 10.3 Å². The molecular weight excluding hydrogens is 348 g/mol. The van der Waals surface area contributed by atoms with Gasteiger partial charge in [-0.05, 0) is 42.5 Å². The molecule has 0 atom stereocenters. The summed E-state index contributed by atoms with van der Waals surface area (Å²) in [7, 11) is -3.78. The standard InChI is InChI=1S/C20H20N2O3S/c1-13-8-9-14(2)19(12-13)26(24,25)22-21-15(3)17-11-10-16-6-4-5-7-18(16)20(17)23/h4-12,21-23H,3H2,1-2H3. The molecule has 26 heavy (non-hydrogen) atoms. The molecule has 0 aliphatic rings. The average molecular weight is 368 g/mol. The summed E-state index contributed by atoms with van der Waals surface area (Å²) in [5.41, 5.74) is 4.76. The molecule has 3 aromatic rings. The Morgan fingerprint density at radius 2 is 1.77 bits per heavy atom. The minimum Gasteiger partial charge on any atom is -0.507 e. The van der Waals surface area contributed by atoms with Crippen molar-refractivity contribution in [1.82, 2.24) is 10.3 Å². The van der Waals surface area contributed by atoms with E-state index in [4.69, 9.17) is 0 Å². The zero-order valence-electron chi connectivity index (χ0n) is 14.6. The second-order valence-corrected chi connectivity index (χ2v) is 7.81. The first kappa shape index (κ1) is 18.0. The van der Waals surface area contributed by atoms with Gasteiger partial charge in [0.15, 0.2) is 0 Å². The van der Waals surface area contributed by atoms with Gasteiger partial charge < -0.3 is 10.5 Å². The molecule has 0 aliphatic carbocycles. The maximum Gasteiger partial charge on any atom is 0.257 e. The van der Waals surface area contributed by atoms with Crippen LogP contribution in [0.15, 0.2) is 66.1 Å². The van der Waals surface area contributed by atoms with Gasteiger partial charge in [0, 0.05) is 10.9 Å². The van der Waals surface area contributed by atoms with Crippen LogP contribution >= 0.6 is 0 Å². The van der Waals surface area contributed by atoms with Gasteiger partial charge in [-0.2, -0.15) is 0 Å². The fourth-order valence-corrected chi connectivity index (χ4v) is 3.95. The van der Waals surface area contributed by atoms with Crippen molar-refractivity contribution in [1.29, 1.82) is 0 Å². The van der Waals surface area contributed by atoms with Crippen LogP contribution in [-0.4, -0.2) is 13.5 Å². The van der Waals surface area contributed by atoms with Gasteiger partial charge in [0.25, 0.3) is 10.0 Å². The average Bonchev–Trinajstić information content (AvgIpc) is 2.62. The number of sulfonamides is 1. The van der Waals surface area contributed by atoms with E-state index in [0.29, 0.717) is 16.5 Å². The molecule has 3 aromatic carbocycles. The highest BCUT2D eigenvalue weighted by Gasteiger charge is 2.18. The van der Waals surface area contributed by atoms with Crippen molar-refractivity contribution in [2.24, 2.45) is 0 Å². The van der Waals surface area contributed by atoms with Gasteiger partial charge in [-0.15, -0.1) is 4.83 Å². The Morgan fingerprint density at radius 1 is 1.04 bits per heavy atom. The van der Waals surface area contributed by atoms with E-state index >= 15 is 0 Å². The Hall–Kier alpha value is -2.83. The van der Waals surface area contributed by atoms with Crippen LogP contribution in [0.3, 0.4) is 0 Å². The molecule has 0 heterocycles. The molecule has 0 radical (unpaired) electrons. The lowest BCUT2D eigenvalue weighted by Crippen LogP contribution is -2.36. The lowest BCUT2D eigenvalue weighted by Gasteiger charge is -2.15. The molecule has 0 bridgehead atoms. The van der Waals surface area contributed by atoms with E-state index in [9.17, 15) is 13.5 Å². The van der Waals surface area contributed by atoms with E-state index in [-0.39, 0.29) is 16.3 Å². The Morgan fingerprint density at radius 3 is 2.54 bits per heavy atom. The molecule has 6 heteroatoms. The molecule has 3 N–H and O–H groups in total. The van der Waals surface area contributed by atoms with Gasteiger partial charge in [-0.25, -0.2) is 8.42 Å². The minimum absolute atomic E-state index is 0.0477. The summed E-state index contributed by atoms with van der Waals surface area (Å²) in [5, 5.41) is 12.0. The minimum atomic E-state index is -3.78. The first-order valence-corrected chi connectivity index (χ1v) is 9.53. The van der Waals surface area contributed by atoms with Crippen molar-refractivity contribution < 1.29 is 13.5 Å². The van der Waals surface area contributed by atoms with Gasteiger partial charge in [-0.3, -0.25) is 0 Å². The fourth-order valence-electron chi connectivity index (χ4n) is 2.75. The zero-order chi connectivity index (χ0) is 18.9. The number of aromatic hydroxyl groups is 1. The molecule has 0 saturated heterocycles. The third kappa shape index (κ3) is 3.42. The number of hydrazine groups is 1. The fraction of sp³-hybridized carbons (Fsp3) is 0.100. The molecule has 0 fully saturated rings. The van der Waals surface area contributed by atoms with E-state index in [2.05, 4.69) is 16.8 Å². The maximum absolute atomic E-state index is 12.6. The number of aryl methyl sites for hydroxylation is 2. The smallest absolute Gasteiger partial charge is 0.257 e. The molecule has 0 aromatic heterocycles. The molecule has 0 spiro atoms. The first-order valence-electron chi connectivity index (χ1n) is 8.04. The number of nitrogens with one attached hydrogen (secondary N) is 2. The Balaban J connectivity index is 1.85. The van der Waals surface area contributed by atoms with Crippen LogP contribution in [0.5, 0.6) is 5.75 Å². The largest absolute Gasteiger partial charge is 0.507 e. The molecule has 0 aliphatic heterocycles. The summed E-state index contributed by atoms with van der Waals surface area (Å²) in [4.78, 5) is 2.52. The number of phenolic OH excluding ortho intramolecular Hbond substituents is 1. The van der Waals surface area contributed by atoms with E-state index in [1.165, 1.54) is 0 Å². The van der Waals surface area contributed by atoms with Gasteiger partial charge in [-0.1, -0.05) is 49.0 Å². The number of fused-ring (bicyclic) bond motifs is 1. The SMILES string of the molecule is C=C(NNS(=O)(=O)c1cc(C)ccc1C)c1ccc2ccccc2c1O. The zero-order valence-corrected chi connectivity index (χ0v) is 15.4. The Labute approximate surface area is 153 Å². The maximum atomic E-state index is 12.6. The summed E-state index contributed by atoms with van der Waals surface area (Å²) in [6.07, 6.45) is 0. The molecule has 0 saturated carbocycles. The van der Waals surface area contributed by atoms with E-state index in [1.54, 1.807) is 31.2 Å². The van der Waals surface area contributed by atoms with Crippen LogP contribution in [0.2, 0.25) is 0 Å². The number of hydrogen-bond acceptors (Lipinski definition) is 4. The highest BCUT2D eigenvalue weighted by atomic mass is 32.2. The molecule has 134 valence electrons. The van der Waals surface area contributed by atoms with Crippen LogP contribution in [0, 0.1) is 13.8 Å². The second-order valence-electron chi connectivity index (χ2n) is 6.16. The number of benzene rings is 3. The van der Waals surface area contributed by atoms with E-state index < -0.39 is 10.0 Å². The lowest BCUT2D eigenvalue weighted by atomic mass is 10.0. The number of phenols is 1.